The lowest BCUT2D eigenvalue weighted by atomic mass is 10.1. The largest absolute Gasteiger partial charge is 0.337 e. The van der Waals surface area contributed by atoms with Crippen LogP contribution < -0.4 is 9.62 Å². The number of halogens is 2. The molecule has 3 nitrogen and oxygen atoms in total. The molecule has 6 heteroatoms. The molecule has 0 aromatic heterocycles. The van der Waals surface area contributed by atoms with E-state index < -0.39 is 0 Å². The van der Waals surface area contributed by atoms with Crippen molar-refractivity contribution >= 4 is 47.7 Å². The number of hydrogen-bond donors (Lipinski definition) is 2. The van der Waals surface area contributed by atoms with Gasteiger partial charge in [-0.3, -0.25) is 0 Å². The summed E-state index contributed by atoms with van der Waals surface area (Å²) in [7, 11) is 0. The number of thiol groups is 1. The fourth-order valence-corrected chi connectivity index (χ4v) is 2.62. The Bertz CT molecular complexity index is 602. The summed E-state index contributed by atoms with van der Waals surface area (Å²) in [6, 6.07) is 14.2. The van der Waals surface area contributed by atoms with Crippen molar-refractivity contribution in [3.63, 3.8) is 0 Å². The van der Waals surface area contributed by atoms with Crippen LogP contribution in [0.5, 0.6) is 0 Å². The highest BCUT2D eigenvalue weighted by Crippen LogP contribution is 2.24. The third-order valence-electron chi connectivity index (χ3n) is 2.91. The number of carbonyl (C=O) groups excluding carboxylic acids is 1. The number of hydrogen-bond acceptors (Lipinski definition) is 2. The monoisotopic (exact) mass is 340 g/mol. The smallest absolute Gasteiger partial charge is 0.331 e. The van der Waals surface area contributed by atoms with Gasteiger partial charge in [0.2, 0.25) is 0 Å². The van der Waals surface area contributed by atoms with Crippen LogP contribution in [0.3, 0.4) is 0 Å². The van der Waals surface area contributed by atoms with E-state index in [1.54, 1.807) is 30.3 Å². The highest BCUT2D eigenvalue weighted by molar-refractivity contribution is 7.82. The molecule has 0 fully saturated rings. The van der Waals surface area contributed by atoms with Gasteiger partial charge < -0.3 is 5.32 Å². The molecule has 0 heterocycles. The van der Waals surface area contributed by atoms with Gasteiger partial charge in [0.25, 0.3) is 0 Å². The zero-order valence-corrected chi connectivity index (χ0v) is 13.5. The van der Waals surface area contributed by atoms with Crippen LogP contribution >= 0.6 is 36.0 Å². The van der Waals surface area contributed by atoms with E-state index in [0.29, 0.717) is 28.7 Å². The summed E-state index contributed by atoms with van der Waals surface area (Å²) < 4.78 is 1.26. The quantitative estimate of drug-likeness (QED) is 0.783. The first kappa shape index (κ1) is 16.0. The second kappa shape index (κ2) is 7.59. The van der Waals surface area contributed by atoms with E-state index in [1.165, 1.54) is 4.31 Å². The molecule has 2 amide bonds. The summed E-state index contributed by atoms with van der Waals surface area (Å²) >= 11 is 16.3. The van der Waals surface area contributed by atoms with Crippen molar-refractivity contribution in [1.29, 1.82) is 0 Å². The Morgan fingerprint density at radius 2 is 1.67 bits per heavy atom. The minimum atomic E-state index is -0.298. The number of benzene rings is 2. The number of nitrogens with one attached hydrogen (secondary N) is 1. The fraction of sp³-hybridized carbons (Fsp3) is 0.133. The topological polar surface area (TPSA) is 32.3 Å². The molecule has 0 atom stereocenters. The first-order valence-corrected chi connectivity index (χ1v) is 7.50. The Kier molecular flexibility index (Phi) is 5.79. The molecule has 2 aromatic rings. The maximum absolute atomic E-state index is 12.0. The average molecular weight is 341 g/mol. The third kappa shape index (κ3) is 4.30. The molecule has 0 spiro atoms. The van der Waals surface area contributed by atoms with Crippen molar-refractivity contribution in [1.82, 2.24) is 5.32 Å². The molecule has 0 aliphatic rings. The number of rotatable bonds is 4. The van der Waals surface area contributed by atoms with Crippen molar-refractivity contribution in [3.8, 4) is 0 Å². The summed E-state index contributed by atoms with van der Waals surface area (Å²) in [6.45, 7) is 0.423. The number of carbonyl (C=O) groups is 1. The number of nitrogens with zero attached hydrogens (tertiary/aromatic N) is 1. The summed E-state index contributed by atoms with van der Waals surface area (Å²) in [5, 5.41) is 3.98. The predicted octanol–water partition coefficient (Wildman–Crippen LogP) is 4.60. The molecule has 110 valence electrons. The molecule has 0 aliphatic carbocycles. The highest BCUT2D eigenvalue weighted by Gasteiger charge is 2.11. The summed E-state index contributed by atoms with van der Waals surface area (Å²) in [5.41, 5.74) is 1.53. The zero-order chi connectivity index (χ0) is 15.2. The second-order valence-electron chi connectivity index (χ2n) is 4.33. The Morgan fingerprint density at radius 1 is 1.05 bits per heavy atom. The standard InChI is InChI=1S/C15H14Cl2N2OS/c16-13-7-4-8-14(17)12(13)9-10-18-15(20)19(21)11-5-2-1-3-6-11/h1-8,21H,9-10H2,(H,18,20). The van der Waals surface area contributed by atoms with Gasteiger partial charge in [-0.05, 0) is 36.2 Å². The lowest BCUT2D eigenvalue weighted by Crippen LogP contribution is -2.35. The van der Waals surface area contributed by atoms with Crippen LogP contribution in [0.15, 0.2) is 48.5 Å². The molecule has 1 N–H and O–H groups in total. The number of urea groups is 1. The van der Waals surface area contributed by atoms with Crippen LogP contribution in [0.2, 0.25) is 10.0 Å². The van der Waals surface area contributed by atoms with Gasteiger partial charge in [-0.2, -0.15) is 0 Å². The van der Waals surface area contributed by atoms with E-state index in [-0.39, 0.29) is 6.03 Å². The SMILES string of the molecule is O=C(NCCc1c(Cl)cccc1Cl)N(S)c1ccccc1. The van der Waals surface area contributed by atoms with Crippen LogP contribution in [-0.2, 0) is 6.42 Å². The average Bonchev–Trinajstić information content (AvgIpc) is 2.50. The van der Waals surface area contributed by atoms with Crippen LogP contribution in [0.25, 0.3) is 0 Å². The summed E-state index contributed by atoms with van der Waals surface area (Å²) in [6.07, 6.45) is 0.556. The molecule has 21 heavy (non-hydrogen) atoms. The van der Waals surface area contributed by atoms with Crippen molar-refractivity contribution in [3.05, 3.63) is 64.1 Å². The maximum Gasteiger partial charge on any atom is 0.331 e. The zero-order valence-electron chi connectivity index (χ0n) is 11.1. The third-order valence-corrected chi connectivity index (χ3v) is 4.03. The Hall–Kier alpha value is -1.36. The molecule has 0 saturated carbocycles. The van der Waals surface area contributed by atoms with Crippen molar-refractivity contribution in [2.45, 2.75) is 6.42 Å². The number of para-hydroxylation sites is 1. The van der Waals surface area contributed by atoms with Crippen LogP contribution in [-0.4, -0.2) is 12.6 Å². The van der Waals surface area contributed by atoms with Gasteiger partial charge in [-0.1, -0.05) is 60.3 Å². The maximum atomic E-state index is 12.0. The van der Waals surface area contributed by atoms with Gasteiger partial charge in [0.15, 0.2) is 0 Å². The van der Waals surface area contributed by atoms with E-state index in [9.17, 15) is 4.79 Å². The van der Waals surface area contributed by atoms with Crippen LogP contribution in [0.4, 0.5) is 10.5 Å². The lowest BCUT2D eigenvalue weighted by Gasteiger charge is -2.16. The molecular weight excluding hydrogens is 327 g/mol. The fourth-order valence-electron chi connectivity index (χ4n) is 1.83. The molecule has 0 saturated heterocycles. The van der Waals surface area contributed by atoms with Gasteiger partial charge in [-0.15, -0.1) is 0 Å². The van der Waals surface area contributed by atoms with E-state index in [1.807, 2.05) is 18.2 Å². The van der Waals surface area contributed by atoms with Crippen LogP contribution in [0.1, 0.15) is 5.56 Å². The highest BCUT2D eigenvalue weighted by atomic mass is 35.5. The van der Waals surface area contributed by atoms with Crippen molar-refractivity contribution in [2.24, 2.45) is 0 Å². The van der Waals surface area contributed by atoms with Gasteiger partial charge in [0, 0.05) is 16.6 Å². The molecule has 2 aromatic carbocycles. The van der Waals surface area contributed by atoms with Crippen molar-refractivity contribution in [2.75, 3.05) is 10.8 Å². The summed E-state index contributed by atoms with van der Waals surface area (Å²) in [4.78, 5) is 12.0. The first-order chi connectivity index (χ1) is 10.1. The van der Waals surface area contributed by atoms with Gasteiger partial charge >= 0.3 is 6.03 Å². The van der Waals surface area contributed by atoms with Crippen LogP contribution in [0, 0.1) is 0 Å². The Balaban J connectivity index is 1.90. The Morgan fingerprint density at radius 3 is 2.29 bits per heavy atom. The molecule has 0 unspecified atom stereocenters. The van der Waals surface area contributed by atoms with E-state index in [2.05, 4.69) is 18.1 Å². The molecule has 0 bridgehead atoms. The predicted molar refractivity (Wildman–Crippen MR) is 91.5 cm³/mol. The number of amides is 2. The van der Waals surface area contributed by atoms with E-state index in [4.69, 9.17) is 23.2 Å². The summed E-state index contributed by atoms with van der Waals surface area (Å²) in [5.74, 6) is 0. The normalized spacial score (nSPS) is 10.2. The minimum absolute atomic E-state index is 0.298. The van der Waals surface area contributed by atoms with Crippen molar-refractivity contribution < 1.29 is 4.79 Å². The second-order valence-corrected chi connectivity index (χ2v) is 5.54. The van der Waals surface area contributed by atoms with Gasteiger partial charge in [0.1, 0.15) is 0 Å². The molecule has 2 rings (SSSR count). The molecular formula is C15H14Cl2N2OS. The lowest BCUT2D eigenvalue weighted by molar-refractivity contribution is 0.250. The minimum Gasteiger partial charge on any atom is -0.337 e. The Labute approximate surface area is 139 Å². The number of anilines is 1. The van der Waals surface area contributed by atoms with E-state index >= 15 is 0 Å². The van der Waals surface area contributed by atoms with Gasteiger partial charge in [0.05, 0.1) is 5.69 Å². The first-order valence-electron chi connectivity index (χ1n) is 6.34. The molecule has 0 radical (unpaired) electrons. The van der Waals surface area contributed by atoms with E-state index in [0.717, 1.165) is 5.56 Å². The molecule has 0 aliphatic heterocycles. The van der Waals surface area contributed by atoms with Gasteiger partial charge in [-0.25, -0.2) is 9.10 Å².